The maximum atomic E-state index is 10.4. The maximum absolute atomic E-state index is 10.4. The Labute approximate surface area is 126 Å². The van der Waals surface area contributed by atoms with Gasteiger partial charge >= 0.3 is 0 Å². The molecule has 0 fully saturated rings. The molecule has 0 bridgehead atoms. The molecule has 3 rings (SSSR count). The molecule has 1 aromatic heterocycles. The van der Waals surface area contributed by atoms with E-state index in [-0.39, 0.29) is 6.10 Å². The van der Waals surface area contributed by atoms with E-state index in [0.717, 1.165) is 15.8 Å². The molecule has 0 aliphatic heterocycles. The average Bonchev–Trinajstić information content (AvgIpc) is 2.85. The Kier molecular flexibility index (Phi) is 4.06. The number of aliphatic hydroxyl groups is 1. The standard InChI is InChI=1S/C16H17BrOS/c17-14-8-9-19-16(14)15(18)10-12-6-3-5-11-4-1-2-7-13(11)12/h1-2,4,7-9,12,15,18H,3,5-6,10H2. The van der Waals surface area contributed by atoms with Crippen LogP contribution in [0.15, 0.2) is 40.2 Å². The predicted octanol–water partition coefficient (Wildman–Crippen LogP) is 5.05. The van der Waals surface area contributed by atoms with Gasteiger partial charge < -0.3 is 5.11 Å². The second-order valence-electron chi connectivity index (χ2n) is 5.17. The van der Waals surface area contributed by atoms with E-state index in [1.165, 1.54) is 30.4 Å². The number of hydrogen-bond acceptors (Lipinski definition) is 2. The fourth-order valence-corrected chi connectivity index (χ4v) is 4.66. The number of halogens is 1. The number of rotatable bonds is 3. The highest BCUT2D eigenvalue weighted by molar-refractivity contribution is 9.10. The van der Waals surface area contributed by atoms with Crippen molar-refractivity contribution in [3.8, 4) is 0 Å². The second kappa shape index (κ2) is 5.78. The zero-order chi connectivity index (χ0) is 13.2. The highest BCUT2D eigenvalue weighted by atomic mass is 79.9. The van der Waals surface area contributed by atoms with Gasteiger partial charge in [0.15, 0.2) is 0 Å². The summed E-state index contributed by atoms with van der Waals surface area (Å²) in [7, 11) is 0. The molecule has 1 aliphatic carbocycles. The monoisotopic (exact) mass is 336 g/mol. The molecule has 2 atom stereocenters. The van der Waals surface area contributed by atoms with E-state index < -0.39 is 0 Å². The predicted molar refractivity (Wildman–Crippen MR) is 83.7 cm³/mol. The Morgan fingerprint density at radius 1 is 1.32 bits per heavy atom. The molecule has 0 saturated heterocycles. The Balaban J connectivity index is 1.80. The molecule has 1 aromatic carbocycles. The summed E-state index contributed by atoms with van der Waals surface area (Å²) >= 11 is 5.14. The first-order valence-electron chi connectivity index (χ1n) is 6.74. The molecule has 0 spiro atoms. The molecule has 0 saturated carbocycles. The van der Waals surface area contributed by atoms with E-state index >= 15 is 0 Å². The first kappa shape index (κ1) is 13.3. The molecule has 0 radical (unpaired) electrons. The van der Waals surface area contributed by atoms with E-state index in [1.54, 1.807) is 11.3 Å². The largest absolute Gasteiger partial charge is 0.388 e. The fourth-order valence-electron chi connectivity index (χ4n) is 3.02. The number of aryl methyl sites for hydroxylation is 1. The summed E-state index contributed by atoms with van der Waals surface area (Å²) in [6.45, 7) is 0. The van der Waals surface area contributed by atoms with Crippen LogP contribution < -0.4 is 0 Å². The minimum atomic E-state index is -0.356. The highest BCUT2D eigenvalue weighted by Gasteiger charge is 2.24. The lowest BCUT2D eigenvalue weighted by Gasteiger charge is -2.27. The van der Waals surface area contributed by atoms with Crippen LogP contribution in [-0.4, -0.2) is 5.11 Å². The third-order valence-electron chi connectivity index (χ3n) is 3.95. The Hall–Kier alpha value is -0.640. The first-order chi connectivity index (χ1) is 9.25. The Morgan fingerprint density at radius 2 is 2.16 bits per heavy atom. The fraction of sp³-hybridized carbons (Fsp3) is 0.375. The zero-order valence-corrected chi connectivity index (χ0v) is 13.1. The van der Waals surface area contributed by atoms with Gasteiger partial charge in [-0.3, -0.25) is 0 Å². The molecule has 1 aliphatic rings. The molecule has 100 valence electrons. The van der Waals surface area contributed by atoms with Gasteiger partial charge in [-0.25, -0.2) is 0 Å². The topological polar surface area (TPSA) is 20.2 Å². The van der Waals surface area contributed by atoms with E-state index in [4.69, 9.17) is 0 Å². The minimum absolute atomic E-state index is 0.356. The smallest absolute Gasteiger partial charge is 0.0899 e. The summed E-state index contributed by atoms with van der Waals surface area (Å²) in [5, 5.41) is 12.5. The van der Waals surface area contributed by atoms with Crippen molar-refractivity contribution in [1.82, 2.24) is 0 Å². The Morgan fingerprint density at radius 3 is 2.95 bits per heavy atom. The summed E-state index contributed by atoms with van der Waals surface area (Å²) in [5.41, 5.74) is 2.91. The third kappa shape index (κ3) is 2.78. The summed E-state index contributed by atoms with van der Waals surface area (Å²) in [5.74, 6) is 0.494. The summed E-state index contributed by atoms with van der Waals surface area (Å²) in [6.07, 6.45) is 4.09. The molecular formula is C16H17BrOS. The van der Waals surface area contributed by atoms with Gasteiger partial charge in [-0.05, 0) is 70.1 Å². The van der Waals surface area contributed by atoms with Crippen LogP contribution in [0, 0.1) is 0 Å². The van der Waals surface area contributed by atoms with Gasteiger partial charge in [0.2, 0.25) is 0 Å². The average molecular weight is 337 g/mol. The van der Waals surface area contributed by atoms with Crippen LogP contribution in [0.1, 0.15) is 47.3 Å². The van der Waals surface area contributed by atoms with Gasteiger partial charge in [-0.15, -0.1) is 11.3 Å². The lowest BCUT2D eigenvalue weighted by Crippen LogP contribution is -2.12. The summed E-state index contributed by atoms with van der Waals surface area (Å²) < 4.78 is 1.04. The van der Waals surface area contributed by atoms with Crippen LogP contribution in [0.25, 0.3) is 0 Å². The van der Waals surface area contributed by atoms with Gasteiger partial charge in [0.25, 0.3) is 0 Å². The molecule has 2 aromatic rings. The van der Waals surface area contributed by atoms with Crippen LogP contribution in [-0.2, 0) is 6.42 Å². The van der Waals surface area contributed by atoms with Crippen molar-refractivity contribution in [3.63, 3.8) is 0 Å². The molecule has 3 heteroatoms. The number of fused-ring (bicyclic) bond motifs is 1. The van der Waals surface area contributed by atoms with Crippen molar-refractivity contribution < 1.29 is 5.11 Å². The third-order valence-corrected chi connectivity index (χ3v) is 5.92. The summed E-state index contributed by atoms with van der Waals surface area (Å²) in [4.78, 5) is 1.06. The molecule has 1 N–H and O–H groups in total. The second-order valence-corrected chi connectivity index (χ2v) is 6.97. The first-order valence-corrected chi connectivity index (χ1v) is 8.41. The lowest BCUT2D eigenvalue weighted by atomic mass is 9.80. The van der Waals surface area contributed by atoms with Crippen molar-refractivity contribution in [2.45, 2.75) is 37.7 Å². The van der Waals surface area contributed by atoms with Gasteiger partial charge in [0, 0.05) is 9.35 Å². The maximum Gasteiger partial charge on any atom is 0.0899 e. The zero-order valence-electron chi connectivity index (χ0n) is 10.7. The van der Waals surface area contributed by atoms with E-state index in [9.17, 15) is 5.11 Å². The SMILES string of the molecule is OC(CC1CCCc2ccccc21)c1sccc1Br. The van der Waals surface area contributed by atoms with Crippen molar-refractivity contribution in [2.75, 3.05) is 0 Å². The number of aliphatic hydroxyl groups excluding tert-OH is 1. The van der Waals surface area contributed by atoms with Crippen molar-refractivity contribution in [1.29, 1.82) is 0 Å². The van der Waals surface area contributed by atoms with Crippen LogP contribution in [0.5, 0.6) is 0 Å². The Bertz CT molecular complexity index is 563. The normalized spacial score (nSPS) is 20.0. The van der Waals surface area contributed by atoms with Crippen molar-refractivity contribution in [2.24, 2.45) is 0 Å². The van der Waals surface area contributed by atoms with Gasteiger partial charge in [0.05, 0.1) is 6.10 Å². The minimum Gasteiger partial charge on any atom is -0.388 e. The number of hydrogen-bond donors (Lipinski definition) is 1. The molecule has 2 unspecified atom stereocenters. The van der Waals surface area contributed by atoms with Crippen LogP contribution in [0.2, 0.25) is 0 Å². The van der Waals surface area contributed by atoms with Gasteiger partial charge in [-0.2, -0.15) is 0 Å². The van der Waals surface area contributed by atoms with Crippen LogP contribution in [0.3, 0.4) is 0 Å². The van der Waals surface area contributed by atoms with Crippen LogP contribution >= 0.6 is 27.3 Å². The van der Waals surface area contributed by atoms with Crippen molar-refractivity contribution in [3.05, 3.63) is 56.2 Å². The summed E-state index contributed by atoms with van der Waals surface area (Å²) in [6, 6.07) is 10.7. The molecular weight excluding hydrogens is 320 g/mol. The molecule has 0 amide bonds. The van der Waals surface area contributed by atoms with E-state index in [2.05, 4.69) is 40.2 Å². The molecule has 19 heavy (non-hydrogen) atoms. The lowest BCUT2D eigenvalue weighted by molar-refractivity contribution is 0.157. The quantitative estimate of drug-likeness (QED) is 0.830. The van der Waals surface area contributed by atoms with Crippen molar-refractivity contribution >= 4 is 27.3 Å². The van der Waals surface area contributed by atoms with Crippen LogP contribution in [0.4, 0.5) is 0 Å². The molecule has 1 nitrogen and oxygen atoms in total. The van der Waals surface area contributed by atoms with Gasteiger partial charge in [-0.1, -0.05) is 24.3 Å². The molecule has 1 heterocycles. The number of thiophene rings is 1. The number of benzene rings is 1. The van der Waals surface area contributed by atoms with E-state index in [0.29, 0.717) is 5.92 Å². The van der Waals surface area contributed by atoms with E-state index in [1.807, 2.05) is 11.4 Å². The van der Waals surface area contributed by atoms with Gasteiger partial charge in [0.1, 0.15) is 0 Å². The highest BCUT2D eigenvalue weighted by Crippen LogP contribution is 2.40.